The van der Waals surface area contributed by atoms with Crippen LogP contribution in [-0.2, 0) is 6.54 Å². The Hall–Kier alpha value is -2.37. The monoisotopic (exact) mass is 299 g/mol. The zero-order valence-corrected chi connectivity index (χ0v) is 12.9. The van der Waals surface area contributed by atoms with Crippen LogP contribution in [0.1, 0.15) is 49.8 Å². The molecule has 2 amide bonds. The number of nitrogens with zero attached hydrogens (tertiary/aromatic N) is 3. The molecule has 3 rings (SSSR count). The second kappa shape index (κ2) is 6.17. The second-order valence-electron chi connectivity index (χ2n) is 5.99. The molecule has 116 valence electrons. The van der Waals surface area contributed by atoms with Gasteiger partial charge in [0.25, 0.3) is 0 Å². The van der Waals surface area contributed by atoms with E-state index in [1.807, 2.05) is 16.8 Å². The number of benzene rings is 1. The van der Waals surface area contributed by atoms with Gasteiger partial charge < -0.3 is 5.32 Å². The van der Waals surface area contributed by atoms with Crippen molar-refractivity contribution in [2.75, 3.05) is 5.32 Å². The van der Waals surface area contributed by atoms with E-state index in [-0.39, 0.29) is 6.03 Å². The molecule has 0 atom stereocenters. The molecule has 1 aliphatic rings. The summed E-state index contributed by atoms with van der Waals surface area (Å²) in [5.41, 5.74) is 2.35. The first kappa shape index (κ1) is 14.6. The van der Waals surface area contributed by atoms with Crippen molar-refractivity contribution >= 4 is 12.0 Å². The standard InChI is InChI=1S/C16H21N5O/c1-11(2)13-5-3-4-12(8-13)9-17-16(22)19-15-18-10-21(20-15)14-6-7-14/h3-5,8,10-11,14H,6-7,9H2,1-2H3,(H2,17,19,20,22). The van der Waals surface area contributed by atoms with E-state index in [4.69, 9.17) is 0 Å². The van der Waals surface area contributed by atoms with Gasteiger partial charge in [-0.3, -0.25) is 5.32 Å². The topological polar surface area (TPSA) is 71.8 Å². The van der Waals surface area contributed by atoms with Crippen LogP contribution in [0.3, 0.4) is 0 Å². The highest BCUT2D eigenvalue weighted by Crippen LogP contribution is 2.33. The Morgan fingerprint density at radius 3 is 2.95 bits per heavy atom. The van der Waals surface area contributed by atoms with Crippen molar-refractivity contribution in [1.82, 2.24) is 20.1 Å². The molecule has 1 aromatic heterocycles. The summed E-state index contributed by atoms with van der Waals surface area (Å²) in [6.45, 7) is 4.79. The van der Waals surface area contributed by atoms with Gasteiger partial charge in [0.1, 0.15) is 6.33 Å². The number of hydrogen-bond donors (Lipinski definition) is 2. The Labute approximate surface area is 129 Å². The summed E-state index contributed by atoms with van der Waals surface area (Å²) in [6, 6.07) is 8.41. The van der Waals surface area contributed by atoms with Gasteiger partial charge in [0.05, 0.1) is 6.04 Å². The third kappa shape index (κ3) is 3.63. The largest absolute Gasteiger partial charge is 0.334 e. The minimum Gasteiger partial charge on any atom is -0.334 e. The molecular formula is C16H21N5O. The lowest BCUT2D eigenvalue weighted by Crippen LogP contribution is -2.28. The highest BCUT2D eigenvalue weighted by atomic mass is 16.2. The van der Waals surface area contributed by atoms with E-state index in [1.54, 1.807) is 6.33 Å². The Morgan fingerprint density at radius 1 is 1.41 bits per heavy atom. The third-order valence-electron chi connectivity index (χ3n) is 3.73. The minimum absolute atomic E-state index is 0.288. The molecule has 1 aliphatic carbocycles. The first-order valence-corrected chi connectivity index (χ1v) is 7.66. The summed E-state index contributed by atoms with van der Waals surface area (Å²) in [4.78, 5) is 16.0. The number of urea groups is 1. The van der Waals surface area contributed by atoms with E-state index in [0.717, 1.165) is 18.4 Å². The van der Waals surface area contributed by atoms with Crippen LogP contribution < -0.4 is 10.6 Å². The highest BCUT2D eigenvalue weighted by Gasteiger charge is 2.24. The average molecular weight is 299 g/mol. The van der Waals surface area contributed by atoms with Crippen molar-refractivity contribution in [3.8, 4) is 0 Å². The van der Waals surface area contributed by atoms with Crippen LogP contribution in [-0.4, -0.2) is 20.8 Å². The maximum Gasteiger partial charge on any atom is 0.321 e. The molecule has 1 aromatic carbocycles. The summed E-state index contributed by atoms with van der Waals surface area (Å²) < 4.78 is 1.81. The van der Waals surface area contributed by atoms with E-state index >= 15 is 0 Å². The number of carbonyl (C=O) groups is 1. The quantitative estimate of drug-likeness (QED) is 0.891. The van der Waals surface area contributed by atoms with Gasteiger partial charge in [-0.2, -0.15) is 0 Å². The number of amides is 2. The Bertz CT molecular complexity index is 660. The zero-order chi connectivity index (χ0) is 15.5. The van der Waals surface area contributed by atoms with Gasteiger partial charge in [0.15, 0.2) is 0 Å². The first-order chi connectivity index (χ1) is 10.6. The van der Waals surface area contributed by atoms with Gasteiger partial charge in [-0.15, -0.1) is 5.10 Å². The molecule has 2 aromatic rings. The fraction of sp³-hybridized carbons (Fsp3) is 0.438. The summed E-state index contributed by atoms with van der Waals surface area (Å²) in [5, 5.41) is 9.73. The van der Waals surface area contributed by atoms with Gasteiger partial charge in [0.2, 0.25) is 5.95 Å². The Morgan fingerprint density at radius 2 is 2.23 bits per heavy atom. The first-order valence-electron chi connectivity index (χ1n) is 7.66. The summed E-state index contributed by atoms with van der Waals surface area (Å²) >= 11 is 0. The molecule has 6 heteroatoms. The predicted molar refractivity (Wildman–Crippen MR) is 84.7 cm³/mol. The Balaban J connectivity index is 1.52. The number of aromatic nitrogens is 3. The summed E-state index contributed by atoms with van der Waals surface area (Å²) in [6.07, 6.45) is 3.95. The van der Waals surface area contributed by atoms with E-state index < -0.39 is 0 Å². The molecule has 1 fully saturated rings. The summed E-state index contributed by atoms with van der Waals surface area (Å²) in [5.74, 6) is 0.824. The molecule has 2 N–H and O–H groups in total. The molecule has 1 heterocycles. The lowest BCUT2D eigenvalue weighted by molar-refractivity contribution is 0.251. The summed E-state index contributed by atoms with van der Waals surface area (Å²) in [7, 11) is 0. The molecule has 0 saturated heterocycles. The van der Waals surface area contributed by atoms with Crippen LogP contribution in [0, 0.1) is 0 Å². The lowest BCUT2D eigenvalue weighted by Gasteiger charge is -2.09. The molecule has 0 radical (unpaired) electrons. The van der Waals surface area contributed by atoms with E-state index in [1.165, 1.54) is 5.56 Å². The molecule has 0 bridgehead atoms. The van der Waals surface area contributed by atoms with Crippen molar-refractivity contribution in [1.29, 1.82) is 0 Å². The van der Waals surface area contributed by atoms with Gasteiger partial charge in [-0.25, -0.2) is 14.5 Å². The van der Waals surface area contributed by atoms with Crippen LogP contribution in [0.5, 0.6) is 0 Å². The van der Waals surface area contributed by atoms with Crippen LogP contribution in [0.2, 0.25) is 0 Å². The second-order valence-corrected chi connectivity index (χ2v) is 5.99. The van der Waals surface area contributed by atoms with E-state index in [0.29, 0.717) is 24.5 Å². The van der Waals surface area contributed by atoms with Crippen LogP contribution in [0.4, 0.5) is 10.7 Å². The zero-order valence-electron chi connectivity index (χ0n) is 12.9. The third-order valence-corrected chi connectivity index (χ3v) is 3.73. The number of anilines is 1. The number of hydrogen-bond acceptors (Lipinski definition) is 3. The number of rotatable bonds is 5. The van der Waals surface area contributed by atoms with Crippen LogP contribution in [0.25, 0.3) is 0 Å². The van der Waals surface area contributed by atoms with Crippen LogP contribution in [0.15, 0.2) is 30.6 Å². The maximum atomic E-state index is 11.9. The highest BCUT2D eigenvalue weighted by molar-refractivity contribution is 5.87. The van der Waals surface area contributed by atoms with Crippen molar-refractivity contribution < 1.29 is 4.79 Å². The molecule has 0 aliphatic heterocycles. The van der Waals surface area contributed by atoms with Crippen molar-refractivity contribution in [2.24, 2.45) is 0 Å². The molecule has 0 unspecified atom stereocenters. The van der Waals surface area contributed by atoms with Gasteiger partial charge in [-0.05, 0) is 29.9 Å². The molecule has 1 saturated carbocycles. The van der Waals surface area contributed by atoms with Gasteiger partial charge in [-0.1, -0.05) is 38.1 Å². The molecule has 6 nitrogen and oxygen atoms in total. The van der Waals surface area contributed by atoms with Crippen LogP contribution >= 0.6 is 0 Å². The molecule has 0 spiro atoms. The van der Waals surface area contributed by atoms with E-state index in [2.05, 4.69) is 46.7 Å². The van der Waals surface area contributed by atoms with Crippen molar-refractivity contribution in [3.63, 3.8) is 0 Å². The predicted octanol–water partition coefficient (Wildman–Crippen LogP) is 3.06. The Kier molecular flexibility index (Phi) is 4.09. The molecular weight excluding hydrogens is 278 g/mol. The SMILES string of the molecule is CC(C)c1cccc(CNC(=O)Nc2ncn(C3CC3)n2)c1. The smallest absolute Gasteiger partial charge is 0.321 e. The fourth-order valence-electron chi connectivity index (χ4n) is 2.24. The molecule has 22 heavy (non-hydrogen) atoms. The average Bonchev–Trinajstić information content (AvgIpc) is 3.26. The van der Waals surface area contributed by atoms with Crippen molar-refractivity contribution in [3.05, 3.63) is 41.7 Å². The maximum absolute atomic E-state index is 11.9. The van der Waals surface area contributed by atoms with Gasteiger partial charge in [0, 0.05) is 6.54 Å². The number of carbonyl (C=O) groups excluding carboxylic acids is 1. The normalized spacial score (nSPS) is 14.1. The minimum atomic E-state index is -0.288. The fourth-order valence-corrected chi connectivity index (χ4v) is 2.24. The van der Waals surface area contributed by atoms with Crippen molar-refractivity contribution in [2.45, 2.75) is 45.2 Å². The van der Waals surface area contributed by atoms with E-state index in [9.17, 15) is 4.79 Å². The van der Waals surface area contributed by atoms with Gasteiger partial charge >= 0.3 is 6.03 Å². The number of nitrogens with one attached hydrogen (secondary N) is 2. The lowest BCUT2D eigenvalue weighted by atomic mass is 10.0.